The average molecular weight is 487 g/mol. The molecule has 1 N–H and O–H groups in total. The van der Waals surface area contributed by atoms with E-state index in [4.69, 9.17) is 9.47 Å². The third kappa shape index (κ3) is 6.73. The van der Waals surface area contributed by atoms with Crippen molar-refractivity contribution < 1.29 is 23.9 Å². The fraction of sp³-hybridized carbons (Fsp3) is 0.654. The van der Waals surface area contributed by atoms with E-state index in [2.05, 4.69) is 10.2 Å². The predicted octanol–water partition coefficient (Wildman–Crippen LogP) is 1.52. The van der Waals surface area contributed by atoms with E-state index in [1.165, 1.54) is 0 Å². The maximum Gasteiger partial charge on any atom is 0.228 e. The number of rotatable bonds is 9. The topological polar surface area (TPSA) is 91.4 Å². The highest BCUT2D eigenvalue weighted by Crippen LogP contribution is 2.29. The number of piperidine rings is 1. The summed E-state index contributed by atoms with van der Waals surface area (Å²) in [4.78, 5) is 44.2. The van der Waals surface area contributed by atoms with Gasteiger partial charge in [0.2, 0.25) is 17.7 Å². The molecule has 0 saturated carbocycles. The number of nitrogens with zero attached hydrogens (tertiary/aromatic N) is 3. The van der Waals surface area contributed by atoms with E-state index in [9.17, 15) is 14.4 Å². The van der Waals surface area contributed by atoms with Gasteiger partial charge in [-0.15, -0.1) is 0 Å². The van der Waals surface area contributed by atoms with Crippen LogP contribution in [0.5, 0.6) is 5.75 Å². The molecule has 1 aromatic rings. The van der Waals surface area contributed by atoms with E-state index in [1.54, 1.807) is 4.90 Å². The number of ether oxygens (including phenoxy) is 2. The zero-order valence-corrected chi connectivity index (χ0v) is 20.7. The van der Waals surface area contributed by atoms with Gasteiger partial charge < -0.3 is 24.6 Å². The van der Waals surface area contributed by atoms with Crippen LogP contribution in [-0.4, -0.2) is 93.2 Å². The summed E-state index contributed by atoms with van der Waals surface area (Å²) in [5, 5.41) is 3.07. The zero-order chi connectivity index (χ0) is 24.6. The number of carbonyl (C=O) groups is 3. The summed E-state index contributed by atoms with van der Waals surface area (Å²) in [5.74, 6) is 0.471. The Bertz CT molecular complexity index is 863. The molecule has 3 saturated heterocycles. The summed E-state index contributed by atoms with van der Waals surface area (Å²) in [6.07, 6.45) is 2.51. The monoisotopic (exact) mass is 486 g/mol. The molecule has 9 nitrogen and oxygen atoms in total. The lowest BCUT2D eigenvalue weighted by atomic mass is 9.94. The summed E-state index contributed by atoms with van der Waals surface area (Å²) in [5.41, 5.74) is 0.790. The molecule has 0 radical (unpaired) electrons. The van der Waals surface area contributed by atoms with Gasteiger partial charge in [-0.1, -0.05) is 0 Å². The van der Waals surface area contributed by atoms with Gasteiger partial charge in [-0.2, -0.15) is 0 Å². The fourth-order valence-electron chi connectivity index (χ4n) is 5.12. The SMILES string of the molecule is CCOc1ccc(N2C[C@H](C(=O)N3CCC(C(=O)NCCCN4CCOCC4)CC3)CC2=O)cc1. The first kappa shape index (κ1) is 25.4. The van der Waals surface area contributed by atoms with Crippen LogP contribution in [0.2, 0.25) is 0 Å². The standard InChI is InChI=1S/C26H38N4O5/c1-2-35-23-6-4-22(5-7-23)30-19-21(18-24(30)31)26(33)29-12-8-20(9-13-29)25(32)27-10-3-11-28-14-16-34-17-15-28/h4-7,20-21H,2-3,8-19H2,1H3,(H,27,32)/t21-/m1/s1. The van der Waals surface area contributed by atoms with Crippen LogP contribution in [0.4, 0.5) is 5.69 Å². The van der Waals surface area contributed by atoms with Crippen LogP contribution < -0.4 is 15.0 Å². The summed E-state index contributed by atoms with van der Waals surface area (Å²) in [6.45, 7) is 9.22. The van der Waals surface area contributed by atoms with Crippen molar-refractivity contribution in [2.24, 2.45) is 11.8 Å². The molecule has 0 aliphatic carbocycles. The first-order chi connectivity index (χ1) is 17.0. The highest BCUT2D eigenvalue weighted by atomic mass is 16.5. The number of morpholine rings is 1. The minimum Gasteiger partial charge on any atom is -0.494 e. The molecule has 3 fully saturated rings. The molecule has 3 aliphatic heterocycles. The van der Waals surface area contributed by atoms with Gasteiger partial charge in [-0.05, 0) is 57.0 Å². The third-order valence-electron chi connectivity index (χ3n) is 7.17. The van der Waals surface area contributed by atoms with Crippen LogP contribution in [0.25, 0.3) is 0 Å². The lowest BCUT2D eigenvalue weighted by Crippen LogP contribution is -2.45. The molecular weight excluding hydrogens is 448 g/mol. The largest absolute Gasteiger partial charge is 0.494 e. The second-order valence-corrected chi connectivity index (χ2v) is 9.53. The Kier molecular flexibility index (Phi) is 8.98. The predicted molar refractivity (Wildman–Crippen MR) is 132 cm³/mol. The van der Waals surface area contributed by atoms with Crippen LogP contribution in [0.3, 0.4) is 0 Å². The maximum absolute atomic E-state index is 13.1. The van der Waals surface area contributed by atoms with Gasteiger partial charge in [0.05, 0.1) is 25.7 Å². The molecule has 35 heavy (non-hydrogen) atoms. The van der Waals surface area contributed by atoms with Crippen molar-refractivity contribution >= 4 is 23.4 Å². The van der Waals surface area contributed by atoms with Crippen molar-refractivity contribution in [1.29, 1.82) is 0 Å². The highest BCUT2D eigenvalue weighted by molar-refractivity contribution is 6.00. The zero-order valence-electron chi connectivity index (χ0n) is 20.7. The molecular formula is C26H38N4O5. The van der Waals surface area contributed by atoms with Crippen LogP contribution in [-0.2, 0) is 19.1 Å². The minimum absolute atomic E-state index is 0.0242. The number of hydrogen-bond donors (Lipinski definition) is 1. The first-order valence-corrected chi connectivity index (χ1v) is 12.9. The van der Waals surface area contributed by atoms with Gasteiger partial charge >= 0.3 is 0 Å². The van der Waals surface area contributed by atoms with Crippen LogP contribution in [0, 0.1) is 11.8 Å². The molecule has 0 aromatic heterocycles. The number of likely N-dealkylation sites (tertiary alicyclic amines) is 1. The van der Waals surface area contributed by atoms with Crippen LogP contribution >= 0.6 is 0 Å². The van der Waals surface area contributed by atoms with Crippen molar-refractivity contribution in [3.8, 4) is 5.75 Å². The highest BCUT2D eigenvalue weighted by Gasteiger charge is 2.38. The molecule has 3 heterocycles. The molecule has 0 spiro atoms. The van der Waals surface area contributed by atoms with Gasteiger partial charge in [-0.3, -0.25) is 19.3 Å². The molecule has 4 rings (SSSR count). The Morgan fingerprint density at radius 3 is 2.46 bits per heavy atom. The Labute approximate surface area is 207 Å². The van der Waals surface area contributed by atoms with Crippen LogP contribution in [0.15, 0.2) is 24.3 Å². The van der Waals surface area contributed by atoms with E-state index in [1.807, 2.05) is 36.1 Å². The van der Waals surface area contributed by atoms with Gasteiger partial charge in [0.1, 0.15) is 5.75 Å². The van der Waals surface area contributed by atoms with E-state index < -0.39 is 0 Å². The van der Waals surface area contributed by atoms with Crippen molar-refractivity contribution in [3.05, 3.63) is 24.3 Å². The quantitative estimate of drug-likeness (QED) is 0.532. The average Bonchev–Trinajstić information content (AvgIpc) is 3.29. The maximum atomic E-state index is 13.1. The van der Waals surface area contributed by atoms with Crippen molar-refractivity contribution in [2.75, 3.05) is 70.5 Å². The smallest absolute Gasteiger partial charge is 0.228 e. The Balaban J connectivity index is 1.18. The molecule has 9 heteroatoms. The lowest BCUT2D eigenvalue weighted by molar-refractivity contribution is -0.139. The fourth-order valence-corrected chi connectivity index (χ4v) is 5.12. The van der Waals surface area contributed by atoms with Gasteiger partial charge in [0.25, 0.3) is 0 Å². The normalized spacial score (nSPS) is 21.9. The molecule has 0 unspecified atom stereocenters. The third-order valence-corrected chi connectivity index (χ3v) is 7.17. The van der Waals surface area contributed by atoms with E-state index in [0.717, 1.165) is 50.7 Å². The van der Waals surface area contributed by atoms with Crippen molar-refractivity contribution in [1.82, 2.24) is 15.1 Å². The second kappa shape index (κ2) is 12.4. The number of carbonyl (C=O) groups excluding carboxylic acids is 3. The summed E-state index contributed by atoms with van der Waals surface area (Å²) in [6, 6.07) is 7.42. The Morgan fingerprint density at radius 2 is 1.77 bits per heavy atom. The minimum atomic E-state index is -0.334. The van der Waals surface area contributed by atoms with Gasteiger partial charge in [0.15, 0.2) is 0 Å². The molecule has 1 atom stereocenters. The van der Waals surface area contributed by atoms with Gasteiger partial charge in [0, 0.05) is 57.3 Å². The van der Waals surface area contributed by atoms with Crippen LogP contribution in [0.1, 0.15) is 32.6 Å². The Hall–Kier alpha value is -2.65. The van der Waals surface area contributed by atoms with Gasteiger partial charge in [-0.25, -0.2) is 0 Å². The van der Waals surface area contributed by atoms with E-state index in [0.29, 0.717) is 45.6 Å². The van der Waals surface area contributed by atoms with E-state index in [-0.39, 0.29) is 36.0 Å². The Morgan fingerprint density at radius 1 is 1.06 bits per heavy atom. The van der Waals surface area contributed by atoms with Crippen molar-refractivity contribution in [2.45, 2.75) is 32.6 Å². The summed E-state index contributed by atoms with van der Waals surface area (Å²) >= 11 is 0. The molecule has 192 valence electrons. The molecule has 3 amide bonds. The summed E-state index contributed by atoms with van der Waals surface area (Å²) in [7, 11) is 0. The number of hydrogen-bond acceptors (Lipinski definition) is 6. The molecule has 0 bridgehead atoms. The molecule has 1 aromatic carbocycles. The number of nitrogens with one attached hydrogen (secondary N) is 1. The first-order valence-electron chi connectivity index (χ1n) is 12.9. The molecule has 3 aliphatic rings. The lowest BCUT2D eigenvalue weighted by Gasteiger charge is -2.33. The summed E-state index contributed by atoms with van der Waals surface area (Å²) < 4.78 is 10.8. The second-order valence-electron chi connectivity index (χ2n) is 9.53. The number of benzene rings is 1. The number of anilines is 1. The number of amides is 3. The van der Waals surface area contributed by atoms with Crippen molar-refractivity contribution in [3.63, 3.8) is 0 Å². The van der Waals surface area contributed by atoms with E-state index >= 15 is 0 Å².